The van der Waals surface area contributed by atoms with Crippen LogP contribution in [0.1, 0.15) is 71.3 Å². The van der Waals surface area contributed by atoms with E-state index in [0.717, 1.165) is 62.4 Å². The zero-order valence-corrected chi connectivity index (χ0v) is 28.0. The number of rotatable bonds is 16. The third-order valence-corrected chi connectivity index (χ3v) is 7.31. The summed E-state index contributed by atoms with van der Waals surface area (Å²) in [5, 5.41) is 27.6. The number of amides is 1. The molecule has 0 aromatic heterocycles. The summed E-state index contributed by atoms with van der Waals surface area (Å²) in [5.74, 6) is -4.73. The van der Waals surface area contributed by atoms with E-state index in [-0.39, 0.29) is 11.9 Å². The molecule has 1 aliphatic rings. The fourth-order valence-corrected chi connectivity index (χ4v) is 4.54. The van der Waals surface area contributed by atoms with Gasteiger partial charge in [0.2, 0.25) is 11.7 Å². The normalized spacial score (nSPS) is 13.3. The lowest BCUT2D eigenvalue weighted by atomic mass is 10.0. The van der Waals surface area contributed by atoms with Gasteiger partial charge in [-0.05, 0) is 49.6 Å². The van der Waals surface area contributed by atoms with Crippen molar-refractivity contribution in [2.45, 2.75) is 84.1 Å². The number of aliphatic carboxylic acids is 2. The van der Waals surface area contributed by atoms with E-state index in [4.69, 9.17) is 24.8 Å². The minimum atomic E-state index is -5.19. The predicted octanol–water partition coefficient (Wildman–Crippen LogP) is 1.34. The number of nitrogens with two attached hydrogens (primary N) is 2. The topological polar surface area (TPSA) is 175 Å². The van der Waals surface area contributed by atoms with Crippen LogP contribution in [0.3, 0.4) is 0 Å². The molecule has 5 N–H and O–H groups in total. The number of fused-ring (bicyclic) bond motifs is 1. The van der Waals surface area contributed by atoms with Crippen LogP contribution in [0.5, 0.6) is 0 Å². The highest BCUT2D eigenvalue weighted by atomic mass is 19.4. The number of hydrogen-bond acceptors (Lipinski definition) is 8. The molecule has 1 atom stereocenters. The van der Waals surface area contributed by atoms with E-state index >= 15 is 0 Å². The highest BCUT2D eigenvalue weighted by molar-refractivity contribution is 5.91. The molecule has 1 aliphatic heterocycles. The van der Waals surface area contributed by atoms with E-state index in [1.165, 1.54) is 10.8 Å². The van der Waals surface area contributed by atoms with Gasteiger partial charge in [-0.3, -0.25) is 20.3 Å². The molecule has 0 fully saturated rings. The van der Waals surface area contributed by atoms with Crippen molar-refractivity contribution in [3.63, 3.8) is 0 Å². The Bertz CT molecular complexity index is 1450. The lowest BCUT2D eigenvalue weighted by Crippen LogP contribution is -2.94. The van der Waals surface area contributed by atoms with Gasteiger partial charge in [-0.2, -0.15) is 31.4 Å². The molecule has 0 unspecified atom stereocenters. The molecule has 0 bridgehead atoms. The maximum absolute atomic E-state index is 12.8. The van der Waals surface area contributed by atoms with Gasteiger partial charge in [-0.15, -0.1) is 0 Å². The van der Waals surface area contributed by atoms with Gasteiger partial charge in [0.05, 0.1) is 12.6 Å². The number of amidine groups is 1. The minimum Gasteiger partial charge on any atom is -0.542 e. The molecule has 3 rings (SSSR count). The first-order valence-electron chi connectivity index (χ1n) is 16.0. The van der Waals surface area contributed by atoms with Crippen LogP contribution in [0, 0.1) is 0 Å². The second kappa shape index (κ2) is 21.7. The number of hydrogen-bond donors (Lipinski definition) is 3. The largest absolute Gasteiger partial charge is 0.542 e. The number of Topliss-reactive ketones (excluding diaryl/α,β-unsaturated/α-hetero) is 1. The van der Waals surface area contributed by atoms with Gasteiger partial charge in [0.25, 0.3) is 0 Å². The maximum atomic E-state index is 12.8. The molecule has 278 valence electrons. The predicted molar refractivity (Wildman–Crippen MR) is 168 cm³/mol. The van der Waals surface area contributed by atoms with Gasteiger partial charge in [0.15, 0.2) is 5.70 Å². The maximum Gasteiger partial charge on any atom is 0.430 e. The third kappa shape index (κ3) is 16.8. The van der Waals surface area contributed by atoms with Gasteiger partial charge in [0.1, 0.15) is 30.3 Å². The van der Waals surface area contributed by atoms with Crippen molar-refractivity contribution in [2.75, 3.05) is 19.6 Å². The number of carbonyl (C=O) groups is 4. The molecule has 50 heavy (non-hydrogen) atoms. The van der Waals surface area contributed by atoms with E-state index in [1.807, 2.05) is 13.1 Å². The van der Waals surface area contributed by atoms with Crippen LogP contribution in [0.15, 0.2) is 53.7 Å². The number of nitrogens with one attached hydrogen (secondary N) is 1. The van der Waals surface area contributed by atoms with E-state index < -0.39 is 24.3 Å². The number of carbonyl (C=O) groups excluding carboxylic acids is 4. The van der Waals surface area contributed by atoms with Crippen LogP contribution in [0.4, 0.5) is 26.3 Å². The summed E-state index contributed by atoms with van der Waals surface area (Å²) in [6.07, 6.45) is -3.10. The molecule has 17 heteroatoms. The van der Waals surface area contributed by atoms with E-state index in [9.17, 15) is 35.9 Å². The van der Waals surface area contributed by atoms with E-state index in [2.05, 4.69) is 77.4 Å². The fourth-order valence-electron chi connectivity index (χ4n) is 4.54. The van der Waals surface area contributed by atoms with Crippen molar-refractivity contribution in [1.82, 2.24) is 10.3 Å². The number of ketones is 1. The monoisotopic (exact) mass is 719 g/mol. The Labute approximate surface area is 285 Å². The summed E-state index contributed by atoms with van der Waals surface area (Å²) in [5.41, 5.74) is 4.32. The summed E-state index contributed by atoms with van der Waals surface area (Å²) >= 11 is 0. The summed E-state index contributed by atoms with van der Waals surface area (Å²) < 4.78 is 63.1. The van der Waals surface area contributed by atoms with Gasteiger partial charge in [-0.25, -0.2) is 4.99 Å². The Morgan fingerprint density at radius 1 is 0.860 bits per heavy atom. The highest BCUT2D eigenvalue weighted by Crippen LogP contribution is 2.20. The molecule has 0 aliphatic carbocycles. The summed E-state index contributed by atoms with van der Waals surface area (Å²) in [6, 6.07) is 14.7. The van der Waals surface area contributed by atoms with Crippen LogP contribution in [-0.2, 0) is 19.2 Å². The quantitative estimate of drug-likeness (QED) is 0.102. The molecule has 0 spiro atoms. The van der Waals surface area contributed by atoms with Crippen LogP contribution < -0.4 is 26.3 Å². The van der Waals surface area contributed by atoms with Crippen molar-refractivity contribution in [3.05, 3.63) is 54.2 Å². The lowest BCUT2D eigenvalue weighted by Gasteiger charge is -2.18. The molecule has 1 heterocycles. The van der Waals surface area contributed by atoms with Gasteiger partial charge >= 0.3 is 12.4 Å². The third-order valence-electron chi connectivity index (χ3n) is 7.31. The Hall–Kier alpha value is -4.35. The van der Waals surface area contributed by atoms with Crippen molar-refractivity contribution >= 4 is 45.9 Å². The lowest BCUT2D eigenvalue weighted by molar-refractivity contribution is -0.802. The summed E-state index contributed by atoms with van der Waals surface area (Å²) in [6.45, 7) is 8.80. The number of nitrogens with zero attached hydrogens (tertiary/aromatic N) is 2. The fraction of sp³-hybridized carbons (Fsp3) is 0.485. The Morgan fingerprint density at radius 2 is 1.44 bits per heavy atom. The van der Waals surface area contributed by atoms with Crippen molar-refractivity contribution in [2.24, 2.45) is 4.99 Å². The average molecular weight is 720 g/mol. The molecular formula is C33H43F6N5O6. The molecule has 0 saturated carbocycles. The Morgan fingerprint density at radius 3 is 1.98 bits per heavy atom. The molecule has 2 aromatic rings. The highest BCUT2D eigenvalue weighted by Gasteiger charge is 2.30. The number of aliphatic imine (C=N–C) groups is 1. The molecule has 2 aromatic carbocycles. The molecule has 0 saturated heterocycles. The SMILES string of the molecule is CCC(=O)CCCCC[C@H](NC(=O)CC[NH2+]N(CC)CC)C1=NC=C(c2ccc3ccccc3c2)[NH2+]1.O=C([O-])C(F)(F)F.O=C([O-])C(F)(F)F. The molecule has 0 radical (unpaired) electrons. The Balaban J connectivity index is 0.000000748. The number of unbranched alkanes of at least 4 members (excludes halogenated alkanes) is 2. The van der Waals surface area contributed by atoms with Crippen LogP contribution in [0.2, 0.25) is 0 Å². The Kier molecular flexibility index (Phi) is 18.9. The van der Waals surface area contributed by atoms with Crippen molar-refractivity contribution < 1.29 is 66.5 Å². The second-order valence-electron chi connectivity index (χ2n) is 11.0. The van der Waals surface area contributed by atoms with Crippen molar-refractivity contribution in [1.29, 1.82) is 0 Å². The number of carboxylic acid groups (broad SMARTS) is 2. The molecule has 1 amide bonds. The zero-order chi connectivity index (χ0) is 37.9. The average Bonchev–Trinajstić information content (AvgIpc) is 3.56. The minimum absolute atomic E-state index is 0.0554. The number of carboxylic acids is 2. The zero-order valence-electron chi connectivity index (χ0n) is 28.0. The number of benzene rings is 2. The number of alkyl halides is 6. The first kappa shape index (κ1) is 43.7. The second-order valence-corrected chi connectivity index (χ2v) is 11.0. The number of halogens is 6. The molecule has 11 nitrogen and oxygen atoms in total. The van der Waals surface area contributed by atoms with Gasteiger partial charge in [0, 0.05) is 31.5 Å². The van der Waals surface area contributed by atoms with Gasteiger partial charge in [-0.1, -0.05) is 50.1 Å². The summed E-state index contributed by atoms with van der Waals surface area (Å²) in [7, 11) is 0. The van der Waals surface area contributed by atoms with E-state index in [0.29, 0.717) is 25.0 Å². The van der Waals surface area contributed by atoms with E-state index in [1.54, 1.807) is 0 Å². The summed E-state index contributed by atoms with van der Waals surface area (Å²) in [4.78, 5) is 46.7. The van der Waals surface area contributed by atoms with Crippen LogP contribution in [-0.4, -0.2) is 72.5 Å². The van der Waals surface area contributed by atoms with Crippen LogP contribution in [0.25, 0.3) is 16.5 Å². The number of quaternary nitrogens is 2. The molecular weight excluding hydrogens is 676 g/mol. The first-order valence-corrected chi connectivity index (χ1v) is 16.0. The van der Waals surface area contributed by atoms with Crippen LogP contribution >= 0.6 is 0 Å². The smallest absolute Gasteiger partial charge is 0.430 e. The standard InChI is InChI=1S/C29H41N5O2.2C2HF3O2/c1-4-25(35)14-8-7-9-15-26(32-28(36)18-19-31-34(5-2)6-3)29-30-21-27(33-29)24-17-16-22-12-10-11-13-23(22)20-24;2*3-2(4,5)1(6)7/h10-13,16-17,20-21,26,31H,4-9,14-15,18-19H2,1-3H3,(H,30,33)(H,32,36);2*(H,6,7)/t26-;;/m0../s1. The van der Waals surface area contributed by atoms with Crippen molar-refractivity contribution in [3.8, 4) is 0 Å². The van der Waals surface area contributed by atoms with Gasteiger partial charge < -0.3 is 25.1 Å². The first-order chi connectivity index (χ1) is 23.4.